The summed E-state index contributed by atoms with van der Waals surface area (Å²) in [6.45, 7) is 1.04. The molecule has 2 aliphatic rings. The Kier molecular flexibility index (Phi) is 4.29. The van der Waals surface area contributed by atoms with E-state index in [-0.39, 0.29) is 5.75 Å². The average molecular weight is 393 g/mol. The number of nitrogens with zero attached hydrogens (tertiary/aromatic N) is 1. The maximum Gasteiger partial charge on any atom is 0.321 e. The highest BCUT2D eigenvalue weighted by Crippen LogP contribution is 2.35. The third-order valence-electron chi connectivity index (χ3n) is 3.81. The lowest BCUT2D eigenvalue weighted by Crippen LogP contribution is -2.38. The molecule has 0 radical (unpaired) electrons. The molecule has 0 unspecified atom stereocenters. The van der Waals surface area contributed by atoms with Gasteiger partial charge in [0.15, 0.2) is 26.5 Å². The summed E-state index contributed by atoms with van der Waals surface area (Å²) in [5.41, 5.74) is 1.55. The van der Waals surface area contributed by atoms with Crippen LogP contribution >= 0.6 is 11.3 Å². The number of fused-ring (bicyclic) bond motifs is 1. The van der Waals surface area contributed by atoms with Gasteiger partial charge in [0, 0.05) is 16.4 Å². The minimum atomic E-state index is -3.21. The van der Waals surface area contributed by atoms with Crippen LogP contribution in [0.2, 0.25) is 0 Å². The first-order valence-electron chi connectivity index (χ1n) is 7.82. The zero-order valence-corrected chi connectivity index (χ0v) is 15.1. The summed E-state index contributed by atoms with van der Waals surface area (Å²) in [6.07, 6.45) is 1.46. The summed E-state index contributed by atoms with van der Waals surface area (Å²) in [4.78, 5) is 16.4. The second-order valence-electron chi connectivity index (χ2n) is 5.76. The minimum absolute atomic E-state index is 0.124. The van der Waals surface area contributed by atoms with Gasteiger partial charge < -0.3 is 14.8 Å². The third kappa shape index (κ3) is 3.65. The van der Waals surface area contributed by atoms with E-state index in [1.807, 2.05) is 23.6 Å². The fourth-order valence-corrected chi connectivity index (χ4v) is 4.58. The Morgan fingerprint density at radius 3 is 2.81 bits per heavy atom. The van der Waals surface area contributed by atoms with Gasteiger partial charge in [0.1, 0.15) is 13.2 Å². The molecule has 26 heavy (non-hydrogen) atoms. The molecule has 0 aliphatic carbocycles. The van der Waals surface area contributed by atoms with Gasteiger partial charge in [-0.15, -0.1) is 11.3 Å². The van der Waals surface area contributed by atoms with Crippen LogP contribution < -0.4 is 20.1 Å². The number of ether oxygens (including phenoxy) is 2. The molecule has 2 N–H and O–H groups in total. The molecule has 0 saturated heterocycles. The number of sulfone groups is 1. The zero-order valence-electron chi connectivity index (χ0n) is 13.5. The van der Waals surface area contributed by atoms with Crippen molar-refractivity contribution in [3.8, 4) is 22.8 Å². The Hall–Kier alpha value is -2.59. The van der Waals surface area contributed by atoms with Crippen LogP contribution in [0.5, 0.6) is 11.5 Å². The second kappa shape index (κ2) is 6.61. The van der Waals surface area contributed by atoms with Crippen LogP contribution in [-0.4, -0.2) is 44.4 Å². The normalized spacial score (nSPS) is 19.9. The molecular formula is C16H15N3O5S2. The molecule has 1 atom stereocenters. The highest BCUT2D eigenvalue weighted by molar-refractivity contribution is 7.94. The van der Waals surface area contributed by atoms with Crippen molar-refractivity contribution in [3.63, 3.8) is 0 Å². The van der Waals surface area contributed by atoms with E-state index in [1.165, 1.54) is 17.4 Å². The average Bonchev–Trinajstić information content (AvgIpc) is 3.20. The number of hydrogen-bond acceptors (Lipinski definition) is 7. The van der Waals surface area contributed by atoms with Crippen molar-refractivity contribution < 1.29 is 22.7 Å². The Balaban J connectivity index is 1.42. The van der Waals surface area contributed by atoms with Gasteiger partial charge in [-0.1, -0.05) is 0 Å². The first-order valence-corrected chi connectivity index (χ1v) is 10.4. The molecule has 0 saturated carbocycles. The molecule has 136 valence electrons. The Morgan fingerprint density at radius 1 is 1.23 bits per heavy atom. The van der Waals surface area contributed by atoms with Gasteiger partial charge in [0.2, 0.25) is 0 Å². The molecule has 10 heteroatoms. The van der Waals surface area contributed by atoms with E-state index in [2.05, 4.69) is 15.6 Å². The number of rotatable bonds is 3. The first-order chi connectivity index (χ1) is 12.5. The van der Waals surface area contributed by atoms with Crippen molar-refractivity contribution in [2.24, 2.45) is 0 Å². The van der Waals surface area contributed by atoms with Crippen molar-refractivity contribution in [2.45, 2.75) is 6.04 Å². The molecule has 1 aromatic carbocycles. The second-order valence-corrected chi connectivity index (χ2v) is 8.55. The topological polar surface area (TPSA) is 107 Å². The summed E-state index contributed by atoms with van der Waals surface area (Å²) < 4.78 is 33.8. The lowest BCUT2D eigenvalue weighted by Gasteiger charge is -2.18. The number of carbonyl (C=O) groups is 1. The Bertz CT molecular complexity index is 984. The summed E-state index contributed by atoms with van der Waals surface area (Å²) in [7, 11) is -3.21. The van der Waals surface area contributed by atoms with Crippen LogP contribution in [0.1, 0.15) is 0 Å². The van der Waals surface area contributed by atoms with Crippen molar-refractivity contribution in [1.82, 2.24) is 10.3 Å². The Labute approximate surface area is 153 Å². The number of carbonyl (C=O) groups excluding carboxylic acids is 1. The molecule has 2 amide bonds. The summed E-state index contributed by atoms with van der Waals surface area (Å²) >= 11 is 1.28. The van der Waals surface area contributed by atoms with Gasteiger partial charge in [-0.25, -0.2) is 18.2 Å². The van der Waals surface area contributed by atoms with Crippen molar-refractivity contribution >= 4 is 32.3 Å². The van der Waals surface area contributed by atoms with Gasteiger partial charge in [-0.2, -0.15) is 0 Å². The molecule has 0 fully saturated rings. The minimum Gasteiger partial charge on any atom is -0.486 e. The van der Waals surface area contributed by atoms with Crippen molar-refractivity contribution in [2.75, 3.05) is 24.3 Å². The summed E-state index contributed by atoms with van der Waals surface area (Å²) in [5.74, 6) is 1.25. The Morgan fingerprint density at radius 2 is 2.04 bits per heavy atom. The predicted octanol–water partition coefficient (Wildman–Crippen LogP) is 2.01. The van der Waals surface area contributed by atoms with Crippen LogP contribution in [0.4, 0.5) is 9.93 Å². The maximum atomic E-state index is 12.0. The van der Waals surface area contributed by atoms with E-state index in [0.29, 0.717) is 35.5 Å². The number of amides is 2. The van der Waals surface area contributed by atoms with Crippen LogP contribution in [0, 0.1) is 0 Å². The third-order valence-corrected chi connectivity index (χ3v) is 5.96. The van der Waals surface area contributed by atoms with Crippen LogP contribution in [0.15, 0.2) is 35.1 Å². The van der Waals surface area contributed by atoms with E-state index < -0.39 is 21.9 Å². The molecule has 8 nitrogen and oxygen atoms in total. The van der Waals surface area contributed by atoms with Gasteiger partial charge in [0.05, 0.1) is 17.5 Å². The highest BCUT2D eigenvalue weighted by Gasteiger charge is 2.23. The fraction of sp³-hybridized carbons (Fsp3) is 0.250. The quantitative estimate of drug-likeness (QED) is 0.826. The maximum absolute atomic E-state index is 12.0. The van der Waals surface area contributed by atoms with Gasteiger partial charge >= 0.3 is 6.03 Å². The summed E-state index contributed by atoms with van der Waals surface area (Å²) in [6, 6.07) is 4.52. The SMILES string of the molecule is O=C(Nc1nc(-c2ccc3c(c2)OCCO3)cs1)N[C@@H]1C=CS(=O)(=O)C1. The largest absolute Gasteiger partial charge is 0.486 e. The van der Waals surface area contributed by atoms with Crippen molar-refractivity contribution in [1.29, 1.82) is 0 Å². The van der Waals surface area contributed by atoms with E-state index in [4.69, 9.17) is 9.47 Å². The van der Waals surface area contributed by atoms with Gasteiger partial charge in [0.25, 0.3) is 0 Å². The van der Waals surface area contributed by atoms with Crippen LogP contribution in [-0.2, 0) is 9.84 Å². The fourth-order valence-electron chi connectivity index (χ4n) is 2.63. The number of anilines is 1. The van der Waals surface area contributed by atoms with E-state index in [9.17, 15) is 13.2 Å². The van der Waals surface area contributed by atoms with Gasteiger partial charge in [-0.3, -0.25) is 5.32 Å². The molecule has 2 aromatic rings. The van der Waals surface area contributed by atoms with E-state index in [1.54, 1.807) is 0 Å². The highest BCUT2D eigenvalue weighted by atomic mass is 32.2. The standard InChI is InChI=1S/C16H15N3O5S2/c20-15(17-11-3-6-26(21,22)9-11)19-16-18-12(8-25-16)10-1-2-13-14(7-10)24-5-4-23-13/h1-3,6-8,11H,4-5,9H2,(H2,17,18,19,20)/t11-/m1/s1. The van der Waals surface area contributed by atoms with E-state index in [0.717, 1.165) is 11.0 Å². The monoisotopic (exact) mass is 393 g/mol. The molecule has 2 aliphatic heterocycles. The summed E-state index contributed by atoms with van der Waals surface area (Å²) in [5, 5.41) is 8.56. The number of urea groups is 1. The lowest BCUT2D eigenvalue weighted by atomic mass is 10.1. The van der Waals surface area contributed by atoms with Crippen LogP contribution in [0.25, 0.3) is 11.3 Å². The predicted molar refractivity (Wildman–Crippen MR) is 97.4 cm³/mol. The van der Waals surface area contributed by atoms with Crippen molar-refractivity contribution in [3.05, 3.63) is 35.1 Å². The number of thiazole rings is 1. The lowest BCUT2D eigenvalue weighted by molar-refractivity contribution is 0.171. The molecule has 3 heterocycles. The number of nitrogens with one attached hydrogen (secondary N) is 2. The zero-order chi connectivity index (χ0) is 18.1. The molecule has 4 rings (SSSR count). The molecule has 0 bridgehead atoms. The number of hydrogen-bond donors (Lipinski definition) is 2. The number of aromatic nitrogens is 1. The smallest absolute Gasteiger partial charge is 0.321 e. The molecule has 1 aromatic heterocycles. The number of benzene rings is 1. The molecular weight excluding hydrogens is 378 g/mol. The van der Waals surface area contributed by atoms with Gasteiger partial charge in [-0.05, 0) is 24.3 Å². The molecule has 0 spiro atoms. The first kappa shape index (κ1) is 16.9. The van der Waals surface area contributed by atoms with Crippen LogP contribution in [0.3, 0.4) is 0 Å². The van der Waals surface area contributed by atoms with E-state index >= 15 is 0 Å².